The normalized spacial score (nSPS) is 15.9. The molecule has 3 aromatic heterocycles. The molecule has 0 aliphatic carbocycles. The molecule has 8 nitrogen and oxygen atoms in total. The van der Waals surface area contributed by atoms with Crippen molar-refractivity contribution in [3.63, 3.8) is 0 Å². The van der Waals surface area contributed by atoms with Gasteiger partial charge in [-0.05, 0) is 62.7 Å². The Balaban J connectivity index is 1.40. The first-order valence-corrected chi connectivity index (χ1v) is 12.1. The maximum Gasteiger partial charge on any atom is 0.309 e. The van der Waals surface area contributed by atoms with Gasteiger partial charge in [0.05, 0.1) is 27.9 Å². The fourth-order valence-electron chi connectivity index (χ4n) is 4.22. The first kappa shape index (κ1) is 22.4. The molecule has 4 heterocycles. The van der Waals surface area contributed by atoms with Crippen molar-refractivity contribution in [3.05, 3.63) is 54.7 Å². The molecule has 9 heteroatoms. The molecule has 1 aliphatic heterocycles. The van der Waals surface area contributed by atoms with Gasteiger partial charge in [-0.15, -0.1) is 0 Å². The van der Waals surface area contributed by atoms with Gasteiger partial charge in [0.1, 0.15) is 5.82 Å². The van der Waals surface area contributed by atoms with Crippen LogP contribution in [0.15, 0.2) is 48.9 Å². The summed E-state index contributed by atoms with van der Waals surface area (Å²) in [6.07, 6.45) is 6.77. The van der Waals surface area contributed by atoms with Crippen molar-refractivity contribution in [3.8, 4) is 22.4 Å². The lowest BCUT2D eigenvalue weighted by Crippen LogP contribution is -2.42. The molecule has 5 rings (SSSR count). The number of thiazole rings is 1. The number of rotatable bonds is 6. The smallest absolute Gasteiger partial charge is 0.309 e. The second-order valence-electron chi connectivity index (χ2n) is 8.89. The van der Waals surface area contributed by atoms with Crippen LogP contribution in [0.2, 0.25) is 0 Å². The van der Waals surface area contributed by atoms with Crippen molar-refractivity contribution in [2.75, 3.05) is 25.5 Å². The lowest BCUT2D eigenvalue weighted by molar-refractivity contribution is -0.150. The van der Waals surface area contributed by atoms with Gasteiger partial charge in [0.25, 0.3) is 0 Å². The molecule has 34 heavy (non-hydrogen) atoms. The van der Waals surface area contributed by atoms with Crippen molar-refractivity contribution in [2.24, 2.45) is 5.41 Å². The number of carboxylic acid groups (broad SMARTS) is 1. The van der Waals surface area contributed by atoms with Crippen LogP contribution in [0.5, 0.6) is 0 Å². The monoisotopic (exact) mass is 474 g/mol. The second-order valence-corrected chi connectivity index (χ2v) is 9.89. The summed E-state index contributed by atoms with van der Waals surface area (Å²) in [7, 11) is 1.87. The molecule has 0 amide bonds. The number of carboxylic acids is 1. The van der Waals surface area contributed by atoms with E-state index >= 15 is 0 Å². The fraction of sp³-hybridized carbons (Fsp3) is 0.320. The number of carbonyl (C=O) groups is 1. The summed E-state index contributed by atoms with van der Waals surface area (Å²) in [5, 5.41) is 13.4. The Kier molecular flexibility index (Phi) is 5.97. The van der Waals surface area contributed by atoms with Crippen LogP contribution in [0.25, 0.3) is 32.6 Å². The van der Waals surface area contributed by atoms with Crippen LogP contribution in [0.3, 0.4) is 0 Å². The molecule has 1 aromatic carbocycles. The molecule has 0 unspecified atom stereocenters. The SMILES string of the molecule is CNc1nc2cc(-c3cnc(CN4CCC(C)(C(=O)O)CC4)nc3)cc(-c3ccccn3)c2s1. The largest absolute Gasteiger partial charge is 0.481 e. The molecule has 2 N–H and O–H groups in total. The molecule has 1 saturated heterocycles. The van der Waals surface area contributed by atoms with E-state index < -0.39 is 11.4 Å². The van der Waals surface area contributed by atoms with E-state index in [4.69, 9.17) is 4.98 Å². The summed E-state index contributed by atoms with van der Waals surface area (Å²) in [4.78, 5) is 32.2. The topological polar surface area (TPSA) is 104 Å². The third-order valence-electron chi connectivity index (χ3n) is 6.52. The third-order valence-corrected chi connectivity index (χ3v) is 7.65. The quantitative estimate of drug-likeness (QED) is 0.420. The van der Waals surface area contributed by atoms with E-state index in [9.17, 15) is 9.90 Å². The van der Waals surface area contributed by atoms with Crippen LogP contribution in [0, 0.1) is 5.41 Å². The first-order valence-electron chi connectivity index (χ1n) is 11.3. The molecular formula is C25H26N6O2S. The Morgan fingerprint density at radius 2 is 1.91 bits per heavy atom. The number of hydrogen-bond donors (Lipinski definition) is 2. The highest BCUT2D eigenvalue weighted by Crippen LogP contribution is 2.38. The summed E-state index contributed by atoms with van der Waals surface area (Å²) < 4.78 is 1.09. The number of anilines is 1. The Labute approximate surface area is 201 Å². The van der Waals surface area contributed by atoms with E-state index in [-0.39, 0.29) is 0 Å². The predicted octanol–water partition coefficient (Wildman–Crippen LogP) is 4.54. The minimum Gasteiger partial charge on any atom is -0.481 e. The maximum absolute atomic E-state index is 11.5. The van der Waals surface area contributed by atoms with Gasteiger partial charge in [-0.1, -0.05) is 17.4 Å². The number of fused-ring (bicyclic) bond motifs is 1. The summed E-state index contributed by atoms with van der Waals surface area (Å²) in [6, 6.07) is 10.1. The van der Waals surface area contributed by atoms with Crippen LogP contribution < -0.4 is 5.32 Å². The van der Waals surface area contributed by atoms with Crippen molar-refractivity contribution in [1.29, 1.82) is 0 Å². The zero-order chi connectivity index (χ0) is 23.7. The Bertz CT molecular complexity index is 1310. The van der Waals surface area contributed by atoms with Gasteiger partial charge in [0, 0.05) is 36.8 Å². The van der Waals surface area contributed by atoms with E-state index in [1.807, 2.05) is 44.6 Å². The zero-order valence-corrected chi connectivity index (χ0v) is 20.0. The fourth-order valence-corrected chi connectivity index (χ4v) is 5.14. The Morgan fingerprint density at radius 3 is 2.56 bits per heavy atom. The molecule has 1 aliphatic rings. The third kappa shape index (κ3) is 4.36. The maximum atomic E-state index is 11.5. The summed E-state index contributed by atoms with van der Waals surface area (Å²) in [5.41, 5.74) is 4.12. The summed E-state index contributed by atoms with van der Waals surface area (Å²) >= 11 is 1.61. The molecule has 0 radical (unpaired) electrons. The van der Waals surface area contributed by atoms with E-state index in [1.54, 1.807) is 17.5 Å². The van der Waals surface area contributed by atoms with Crippen molar-refractivity contribution in [1.82, 2.24) is 24.8 Å². The number of nitrogens with zero attached hydrogens (tertiary/aromatic N) is 5. The lowest BCUT2D eigenvalue weighted by Gasteiger charge is -2.36. The van der Waals surface area contributed by atoms with Crippen molar-refractivity contribution >= 4 is 32.7 Å². The molecule has 0 saturated carbocycles. The number of pyridine rings is 1. The summed E-state index contributed by atoms with van der Waals surface area (Å²) in [6.45, 7) is 3.91. The van der Waals surface area contributed by atoms with E-state index in [0.29, 0.717) is 19.4 Å². The van der Waals surface area contributed by atoms with Crippen LogP contribution in [0.1, 0.15) is 25.6 Å². The van der Waals surface area contributed by atoms with Crippen LogP contribution in [0.4, 0.5) is 5.13 Å². The molecule has 174 valence electrons. The second kappa shape index (κ2) is 9.08. The van der Waals surface area contributed by atoms with Gasteiger partial charge in [0.2, 0.25) is 0 Å². The van der Waals surface area contributed by atoms with Crippen LogP contribution >= 0.6 is 11.3 Å². The van der Waals surface area contributed by atoms with Crippen molar-refractivity contribution < 1.29 is 9.90 Å². The minimum atomic E-state index is -0.711. The highest BCUT2D eigenvalue weighted by Gasteiger charge is 2.36. The number of aromatic nitrogens is 4. The zero-order valence-electron chi connectivity index (χ0n) is 19.2. The molecule has 4 aromatic rings. The molecule has 0 atom stereocenters. The van der Waals surface area contributed by atoms with E-state index in [0.717, 1.165) is 56.6 Å². The number of aliphatic carboxylic acids is 1. The van der Waals surface area contributed by atoms with Gasteiger partial charge < -0.3 is 10.4 Å². The molecule has 0 bridgehead atoms. The highest BCUT2D eigenvalue weighted by atomic mass is 32.1. The van der Waals surface area contributed by atoms with Gasteiger partial charge >= 0.3 is 5.97 Å². The van der Waals surface area contributed by atoms with Crippen LogP contribution in [-0.4, -0.2) is 56.0 Å². The number of piperidine rings is 1. The Hall–Kier alpha value is -3.43. The summed E-state index contributed by atoms with van der Waals surface area (Å²) in [5.74, 6) is 0.0246. The number of likely N-dealkylation sites (tertiary alicyclic amines) is 1. The lowest BCUT2D eigenvalue weighted by atomic mass is 9.80. The van der Waals surface area contributed by atoms with Gasteiger partial charge in [-0.3, -0.25) is 14.7 Å². The van der Waals surface area contributed by atoms with Gasteiger partial charge in [-0.25, -0.2) is 15.0 Å². The van der Waals surface area contributed by atoms with Crippen molar-refractivity contribution in [2.45, 2.75) is 26.3 Å². The first-order chi connectivity index (χ1) is 16.4. The van der Waals surface area contributed by atoms with Crippen LogP contribution in [-0.2, 0) is 11.3 Å². The molecular weight excluding hydrogens is 448 g/mol. The average Bonchev–Trinajstić information content (AvgIpc) is 3.29. The van der Waals surface area contributed by atoms with Gasteiger partial charge in [0.15, 0.2) is 5.13 Å². The average molecular weight is 475 g/mol. The number of hydrogen-bond acceptors (Lipinski definition) is 8. The van der Waals surface area contributed by atoms with Gasteiger partial charge in [-0.2, -0.15) is 0 Å². The highest BCUT2D eigenvalue weighted by molar-refractivity contribution is 7.22. The van der Waals surface area contributed by atoms with E-state index in [2.05, 4.69) is 37.3 Å². The standard InChI is InChI=1S/C25H26N6O2S/c1-25(23(32)33)6-9-31(10-7-25)15-21-28-13-17(14-29-21)16-11-18(19-5-3-4-8-27-19)22-20(12-16)30-24(26-2)34-22/h3-5,8,11-14H,6-7,9-10,15H2,1-2H3,(H,26,30)(H,32,33). The molecule has 0 spiro atoms. The minimum absolute atomic E-state index is 0.617. The Morgan fingerprint density at radius 1 is 1.15 bits per heavy atom. The van der Waals surface area contributed by atoms with E-state index in [1.165, 1.54) is 0 Å². The predicted molar refractivity (Wildman–Crippen MR) is 134 cm³/mol. The number of benzene rings is 1. The molecule has 1 fully saturated rings. The number of nitrogens with one attached hydrogen (secondary N) is 1.